The van der Waals surface area contributed by atoms with Gasteiger partial charge in [0.05, 0.1) is 16.6 Å². The highest BCUT2D eigenvalue weighted by Gasteiger charge is 2.12. The molecule has 5 nitrogen and oxygen atoms in total. The van der Waals surface area contributed by atoms with Gasteiger partial charge in [0.2, 0.25) is 0 Å². The third-order valence-electron chi connectivity index (χ3n) is 5.29. The van der Waals surface area contributed by atoms with Crippen LogP contribution in [0.3, 0.4) is 0 Å². The molecule has 0 bridgehead atoms. The number of benzene rings is 2. The van der Waals surface area contributed by atoms with E-state index in [1.165, 1.54) is 30.5 Å². The van der Waals surface area contributed by atoms with Gasteiger partial charge >= 0.3 is 0 Å². The van der Waals surface area contributed by atoms with Crippen LogP contribution in [-0.4, -0.2) is 9.49 Å². The van der Waals surface area contributed by atoms with Crippen molar-refractivity contribution in [3.63, 3.8) is 0 Å². The maximum absolute atomic E-state index is 10.9. The van der Waals surface area contributed by atoms with Crippen molar-refractivity contribution in [3.8, 4) is 11.8 Å². The van der Waals surface area contributed by atoms with Gasteiger partial charge in [-0.05, 0) is 79.8 Å². The first-order valence-corrected chi connectivity index (χ1v) is 10.1. The number of nitro benzene ring substituents is 1. The van der Waals surface area contributed by atoms with Crippen LogP contribution in [0.15, 0.2) is 54.6 Å². The quantitative estimate of drug-likeness (QED) is 0.262. The van der Waals surface area contributed by atoms with Gasteiger partial charge in [0.15, 0.2) is 0 Å². The fourth-order valence-corrected chi connectivity index (χ4v) is 3.62. The summed E-state index contributed by atoms with van der Waals surface area (Å²) in [6.07, 6.45) is 5.31. The molecular weight excluding hydrogens is 374 g/mol. The molecule has 0 N–H and O–H groups in total. The molecule has 30 heavy (non-hydrogen) atoms. The number of non-ortho nitro benzene ring substituents is 1. The first-order valence-electron chi connectivity index (χ1n) is 10.1. The number of rotatable bonds is 7. The second kappa shape index (κ2) is 9.23. The molecule has 3 aromatic rings. The predicted octanol–water partition coefficient (Wildman–Crippen LogP) is 6.41. The first-order chi connectivity index (χ1) is 14.4. The summed E-state index contributed by atoms with van der Waals surface area (Å²) >= 11 is 0. The molecule has 0 atom stereocenters. The number of nitro groups is 1. The largest absolute Gasteiger partial charge is 0.318 e. The smallest absolute Gasteiger partial charge is 0.269 e. The highest BCUT2D eigenvalue weighted by Crippen LogP contribution is 2.26. The van der Waals surface area contributed by atoms with Crippen LogP contribution in [0.4, 0.5) is 5.69 Å². The van der Waals surface area contributed by atoms with E-state index in [4.69, 9.17) is 0 Å². The summed E-state index contributed by atoms with van der Waals surface area (Å²) in [4.78, 5) is 10.4. The summed E-state index contributed by atoms with van der Waals surface area (Å²) in [6, 6.07) is 19.0. The maximum atomic E-state index is 10.9. The summed E-state index contributed by atoms with van der Waals surface area (Å²) in [5.41, 5.74) is 6.67. The van der Waals surface area contributed by atoms with Gasteiger partial charge in [-0.15, -0.1) is 0 Å². The van der Waals surface area contributed by atoms with E-state index in [9.17, 15) is 15.4 Å². The fourth-order valence-electron chi connectivity index (χ4n) is 3.62. The van der Waals surface area contributed by atoms with E-state index in [2.05, 4.69) is 47.9 Å². The van der Waals surface area contributed by atoms with Crippen molar-refractivity contribution in [1.82, 2.24) is 4.57 Å². The Hall–Kier alpha value is -3.65. The van der Waals surface area contributed by atoms with Crippen molar-refractivity contribution in [3.05, 3.63) is 92.8 Å². The summed E-state index contributed by atoms with van der Waals surface area (Å²) in [6.45, 7) is 6.28. The summed E-state index contributed by atoms with van der Waals surface area (Å²) in [5, 5.41) is 20.5. The zero-order valence-electron chi connectivity index (χ0n) is 17.6. The average molecular weight is 399 g/mol. The van der Waals surface area contributed by atoms with E-state index < -0.39 is 4.92 Å². The Morgan fingerprint density at radius 2 is 1.80 bits per heavy atom. The lowest BCUT2D eigenvalue weighted by Crippen LogP contribution is -1.99. The molecule has 5 heteroatoms. The number of hydrogen-bond acceptors (Lipinski definition) is 3. The minimum absolute atomic E-state index is 0.0107. The molecule has 3 rings (SSSR count). The Labute approximate surface area is 177 Å². The van der Waals surface area contributed by atoms with E-state index in [0.29, 0.717) is 11.1 Å². The van der Waals surface area contributed by atoms with Gasteiger partial charge in [-0.1, -0.05) is 25.5 Å². The summed E-state index contributed by atoms with van der Waals surface area (Å²) < 4.78 is 2.18. The van der Waals surface area contributed by atoms with Crippen molar-refractivity contribution in [2.45, 2.75) is 40.0 Å². The van der Waals surface area contributed by atoms with E-state index in [1.54, 1.807) is 12.1 Å². The van der Waals surface area contributed by atoms with Gasteiger partial charge in [0, 0.05) is 29.2 Å². The number of nitriles is 1. The van der Waals surface area contributed by atoms with Crippen LogP contribution < -0.4 is 0 Å². The zero-order valence-corrected chi connectivity index (χ0v) is 17.6. The molecule has 0 unspecified atom stereocenters. The molecule has 0 fully saturated rings. The van der Waals surface area contributed by atoms with Gasteiger partial charge in [-0.25, -0.2) is 0 Å². The molecular formula is C25H25N3O2. The van der Waals surface area contributed by atoms with E-state index >= 15 is 0 Å². The Morgan fingerprint density at radius 1 is 1.13 bits per heavy atom. The molecule has 0 saturated carbocycles. The Kier molecular flexibility index (Phi) is 6.48. The number of aryl methyl sites for hydroxylation is 2. The molecule has 0 aliphatic rings. The number of unbranched alkanes of at least 4 members (excludes halogenated alkanes) is 1. The lowest BCUT2D eigenvalue weighted by Gasteiger charge is -2.11. The maximum Gasteiger partial charge on any atom is 0.269 e. The molecule has 0 aliphatic carbocycles. The molecule has 0 aliphatic heterocycles. The van der Waals surface area contributed by atoms with Crippen molar-refractivity contribution < 1.29 is 4.92 Å². The first kappa shape index (κ1) is 21.1. The van der Waals surface area contributed by atoms with Crippen molar-refractivity contribution in [1.29, 1.82) is 5.26 Å². The number of allylic oxidation sites excluding steroid dienone is 1. The monoisotopic (exact) mass is 399 g/mol. The minimum atomic E-state index is -0.444. The topological polar surface area (TPSA) is 71.9 Å². The van der Waals surface area contributed by atoms with Gasteiger partial charge in [0.25, 0.3) is 5.69 Å². The molecule has 2 aromatic carbocycles. The fraction of sp³-hybridized carbons (Fsp3) is 0.240. The molecule has 0 amide bonds. The minimum Gasteiger partial charge on any atom is -0.318 e. The third kappa shape index (κ3) is 4.49. The normalized spacial score (nSPS) is 11.3. The van der Waals surface area contributed by atoms with Crippen molar-refractivity contribution in [2.24, 2.45) is 0 Å². The number of aromatic nitrogens is 1. The van der Waals surface area contributed by atoms with Crippen molar-refractivity contribution in [2.75, 3.05) is 0 Å². The number of hydrogen-bond donors (Lipinski definition) is 0. The molecule has 1 aromatic heterocycles. The molecule has 1 heterocycles. The Bertz CT molecular complexity index is 1110. The second-order valence-electron chi connectivity index (χ2n) is 7.41. The summed E-state index contributed by atoms with van der Waals surface area (Å²) in [7, 11) is 0. The lowest BCUT2D eigenvalue weighted by atomic mass is 10.0. The molecule has 0 spiro atoms. The van der Waals surface area contributed by atoms with Gasteiger partial charge < -0.3 is 4.57 Å². The number of nitrogens with zero attached hydrogens (tertiary/aromatic N) is 3. The summed E-state index contributed by atoms with van der Waals surface area (Å²) in [5.74, 6) is 0. The highest BCUT2D eigenvalue weighted by atomic mass is 16.6. The van der Waals surface area contributed by atoms with E-state index in [0.717, 1.165) is 29.1 Å². The highest BCUT2D eigenvalue weighted by molar-refractivity contribution is 5.90. The molecule has 0 radical (unpaired) electrons. The molecule has 152 valence electrons. The standard InChI is InChI=1S/C25H25N3O2/c1-4-5-6-20-7-11-24(12-8-20)27-18(2)15-22(19(27)3)16-23(17-26)21-9-13-25(14-10-21)28(29)30/h7-16H,4-6H2,1-3H3/b23-16-. The van der Waals surface area contributed by atoms with Crippen molar-refractivity contribution >= 4 is 17.3 Å². The average Bonchev–Trinajstić information content (AvgIpc) is 3.03. The van der Waals surface area contributed by atoms with E-state index in [1.807, 2.05) is 19.9 Å². The van der Waals surface area contributed by atoms with Crippen LogP contribution in [0, 0.1) is 35.3 Å². The SMILES string of the molecule is CCCCc1ccc(-n2c(C)cc(/C=C(/C#N)c3ccc([N+](=O)[O-])cc3)c2C)cc1. The lowest BCUT2D eigenvalue weighted by molar-refractivity contribution is -0.384. The Balaban J connectivity index is 1.94. The van der Waals surface area contributed by atoms with Crippen LogP contribution in [0.25, 0.3) is 17.3 Å². The second-order valence-corrected chi connectivity index (χ2v) is 7.41. The van der Waals surface area contributed by atoms with Crippen LogP contribution in [0.2, 0.25) is 0 Å². The van der Waals surface area contributed by atoms with Gasteiger partial charge in [0.1, 0.15) is 0 Å². The molecule has 0 saturated heterocycles. The predicted molar refractivity (Wildman–Crippen MR) is 120 cm³/mol. The third-order valence-corrected chi connectivity index (χ3v) is 5.29. The van der Waals surface area contributed by atoms with Crippen LogP contribution in [0.1, 0.15) is 47.8 Å². The van der Waals surface area contributed by atoms with Gasteiger partial charge in [-0.3, -0.25) is 10.1 Å². The van der Waals surface area contributed by atoms with Crippen LogP contribution in [0.5, 0.6) is 0 Å². The van der Waals surface area contributed by atoms with Crippen LogP contribution >= 0.6 is 0 Å². The van der Waals surface area contributed by atoms with Gasteiger partial charge in [-0.2, -0.15) is 5.26 Å². The zero-order chi connectivity index (χ0) is 21.7. The Morgan fingerprint density at radius 3 is 2.37 bits per heavy atom. The van der Waals surface area contributed by atoms with Crippen LogP contribution in [-0.2, 0) is 6.42 Å². The van der Waals surface area contributed by atoms with E-state index in [-0.39, 0.29) is 5.69 Å².